The highest BCUT2D eigenvalue weighted by molar-refractivity contribution is 9.10. The normalized spacial score (nSPS) is 18.2. The maximum atomic E-state index is 13.1. The summed E-state index contributed by atoms with van der Waals surface area (Å²) >= 11 is 4.95. The van der Waals surface area contributed by atoms with E-state index in [1.54, 1.807) is 12.1 Å². The summed E-state index contributed by atoms with van der Waals surface area (Å²) in [6, 6.07) is 12.3. The molecule has 2 heterocycles. The van der Waals surface area contributed by atoms with Crippen molar-refractivity contribution in [2.75, 3.05) is 20.2 Å². The van der Waals surface area contributed by atoms with Crippen LogP contribution in [0.4, 0.5) is 0 Å². The monoisotopic (exact) mass is 537 g/mol. The molecule has 1 fully saturated rings. The van der Waals surface area contributed by atoms with Gasteiger partial charge in [0.05, 0.1) is 28.1 Å². The van der Waals surface area contributed by atoms with Gasteiger partial charge in [-0.25, -0.2) is 8.42 Å². The number of halogens is 1. The fourth-order valence-corrected chi connectivity index (χ4v) is 7.06. The summed E-state index contributed by atoms with van der Waals surface area (Å²) in [6.07, 6.45) is 1.24. The van der Waals surface area contributed by atoms with Crippen molar-refractivity contribution in [3.8, 4) is 5.75 Å². The van der Waals surface area contributed by atoms with E-state index in [-0.39, 0.29) is 17.3 Å². The Kier molecular flexibility index (Phi) is 6.85. The Morgan fingerprint density at radius 1 is 1.25 bits per heavy atom. The molecule has 3 aromatic rings. The minimum Gasteiger partial charge on any atom is -0.497 e. The maximum Gasteiger partial charge on any atom is 0.252 e. The van der Waals surface area contributed by atoms with Crippen LogP contribution in [0, 0.1) is 5.92 Å². The van der Waals surface area contributed by atoms with Crippen molar-refractivity contribution < 1.29 is 17.9 Å². The van der Waals surface area contributed by atoms with Crippen LogP contribution in [0.15, 0.2) is 56.8 Å². The van der Waals surface area contributed by atoms with Gasteiger partial charge in [-0.3, -0.25) is 4.79 Å². The molecule has 0 radical (unpaired) electrons. The van der Waals surface area contributed by atoms with Crippen molar-refractivity contribution in [2.24, 2.45) is 10.9 Å². The molecule has 7 nitrogen and oxygen atoms in total. The highest BCUT2D eigenvalue weighted by Gasteiger charge is 2.33. The van der Waals surface area contributed by atoms with Gasteiger partial charge in [0.15, 0.2) is 4.80 Å². The van der Waals surface area contributed by atoms with E-state index in [4.69, 9.17) is 4.74 Å². The molecule has 1 aliphatic rings. The largest absolute Gasteiger partial charge is 0.497 e. The predicted molar refractivity (Wildman–Crippen MR) is 128 cm³/mol. The van der Waals surface area contributed by atoms with Crippen LogP contribution in [0.3, 0.4) is 0 Å². The smallest absolute Gasteiger partial charge is 0.252 e. The van der Waals surface area contributed by atoms with E-state index < -0.39 is 15.9 Å². The SMILES string of the molecule is CCn1c(=NC(=O)C2CCCN(S(=O)(=O)c3ccc(OC)cc3)C2)sc2cc(Br)ccc21. The van der Waals surface area contributed by atoms with Crippen molar-refractivity contribution in [1.29, 1.82) is 0 Å². The van der Waals surface area contributed by atoms with Gasteiger partial charge >= 0.3 is 0 Å². The molecular formula is C22H24BrN3O4S2. The minimum absolute atomic E-state index is 0.138. The lowest BCUT2D eigenvalue weighted by Gasteiger charge is -2.30. The molecule has 1 saturated heterocycles. The van der Waals surface area contributed by atoms with E-state index in [2.05, 4.69) is 20.9 Å². The number of piperidine rings is 1. The Bertz CT molecular complexity index is 1310. The van der Waals surface area contributed by atoms with Gasteiger partial charge in [-0.15, -0.1) is 0 Å². The van der Waals surface area contributed by atoms with Crippen LogP contribution in [0.2, 0.25) is 0 Å². The zero-order chi connectivity index (χ0) is 22.9. The number of fused-ring (bicyclic) bond motifs is 1. The lowest BCUT2D eigenvalue weighted by Crippen LogP contribution is -2.42. The molecule has 4 rings (SSSR count). The van der Waals surface area contributed by atoms with Crippen molar-refractivity contribution in [1.82, 2.24) is 8.87 Å². The average molecular weight is 538 g/mol. The number of carbonyl (C=O) groups excluding carboxylic acids is 1. The van der Waals surface area contributed by atoms with Crippen molar-refractivity contribution in [3.63, 3.8) is 0 Å². The van der Waals surface area contributed by atoms with Gasteiger partial charge in [-0.1, -0.05) is 27.3 Å². The second kappa shape index (κ2) is 9.46. The van der Waals surface area contributed by atoms with Crippen LogP contribution in [0.25, 0.3) is 10.2 Å². The first-order chi connectivity index (χ1) is 15.3. The van der Waals surface area contributed by atoms with E-state index in [0.29, 0.717) is 36.5 Å². The average Bonchev–Trinajstić information content (AvgIpc) is 3.14. The summed E-state index contributed by atoms with van der Waals surface area (Å²) < 4.78 is 36.7. The number of sulfonamides is 1. The molecule has 1 unspecified atom stereocenters. The summed E-state index contributed by atoms with van der Waals surface area (Å²) in [4.78, 5) is 18.3. The second-order valence-corrected chi connectivity index (χ2v) is 11.4. The maximum absolute atomic E-state index is 13.1. The van der Waals surface area contributed by atoms with Gasteiger partial charge < -0.3 is 9.30 Å². The van der Waals surface area contributed by atoms with E-state index in [1.165, 1.54) is 34.9 Å². The third-order valence-electron chi connectivity index (χ3n) is 5.60. The highest BCUT2D eigenvalue weighted by Crippen LogP contribution is 2.26. The van der Waals surface area contributed by atoms with Crippen LogP contribution < -0.4 is 9.54 Å². The first-order valence-corrected chi connectivity index (χ1v) is 13.4. The number of benzene rings is 2. The molecule has 0 N–H and O–H groups in total. The fraction of sp³-hybridized carbons (Fsp3) is 0.364. The molecule has 2 aromatic carbocycles. The summed E-state index contributed by atoms with van der Waals surface area (Å²) in [5.74, 6) is -0.138. The Balaban J connectivity index is 1.59. The van der Waals surface area contributed by atoms with Crippen LogP contribution in [-0.2, 0) is 21.4 Å². The van der Waals surface area contributed by atoms with Gasteiger partial charge in [-0.05, 0) is 62.2 Å². The lowest BCUT2D eigenvalue weighted by atomic mass is 9.99. The van der Waals surface area contributed by atoms with Crippen molar-refractivity contribution >= 4 is 53.4 Å². The molecule has 10 heteroatoms. The van der Waals surface area contributed by atoms with E-state index in [9.17, 15) is 13.2 Å². The number of thiazole rings is 1. The van der Waals surface area contributed by atoms with Gasteiger partial charge in [0, 0.05) is 24.1 Å². The van der Waals surface area contributed by atoms with Crippen molar-refractivity contribution in [3.05, 3.63) is 51.7 Å². The van der Waals surface area contributed by atoms with Gasteiger partial charge in [-0.2, -0.15) is 9.30 Å². The molecule has 1 aliphatic heterocycles. The van der Waals surface area contributed by atoms with Crippen LogP contribution in [0.1, 0.15) is 19.8 Å². The van der Waals surface area contributed by atoms with Crippen LogP contribution in [-0.4, -0.2) is 43.4 Å². The number of hydrogen-bond acceptors (Lipinski definition) is 5. The number of hydrogen-bond donors (Lipinski definition) is 0. The van der Waals surface area contributed by atoms with Crippen LogP contribution >= 0.6 is 27.3 Å². The standard InChI is InChI=1S/C22H24BrN3O4S2/c1-3-26-19-11-6-16(23)13-20(19)31-22(26)24-21(27)15-5-4-12-25(14-15)32(28,29)18-9-7-17(30-2)8-10-18/h6-11,13,15H,3-5,12,14H2,1-2H3. The molecule has 0 aliphatic carbocycles. The van der Waals surface area contributed by atoms with Gasteiger partial charge in [0.25, 0.3) is 5.91 Å². The van der Waals surface area contributed by atoms with Gasteiger partial charge in [0.2, 0.25) is 10.0 Å². The zero-order valence-corrected chi connectivity index (χ0v) is 21.0. The number of amides is 1. The number of carbonyl (C=O) groups is 1. The first kappa shape index (κ1) is 23.2. The number of methoxy groups -OCH3 is 1. The molecule has 1 amide bonds. The van der Waals surface area contributed by atoms with Crippen molar-refractivity contribution in [2.45, 2.75) is 31.2 Å². The third-order valence-corrected chi connectivity index (χ3v) is 9.01. The summed E-state index contributed by atoms with van der Waals surface area (Å²) in [6.45, 7) is 3.24. The number of aromatic nitrogens is 1. The summed E-state index contributed by atoms with van der Waals surface area (Å²) in [7, 11) is -2.16. The fourth-order valence-electron chi connectivity index (χ4n) is 3.88. The lowest BCUT2D eigenvalue weighted by molar-refractivity contribution is -0.122. The Morgan fingerprint density at radius 2 is 2.00 bits per heavy atom. The second-order valence-electron chi connectivity index (χ2n) is 7.57. The number of rotatable bonds is 5. The predicted octanol–water partition coefficient (Wildman–Crippen LogP) is 4.02. The minimum atomic E-state index is -3.69. The molecule has 1 atom stereocenters. The van der Waals surface area contributed by atoms with E-state index >= 15 is 0 Å². The van der Waals surface area contributed by atoms with E-state index in [1.807, 2.05) is 29.7 Å². The number of nitrogens with zero attached hydrogens (tertiary/aromatic N) is 3. The summed E-state index contributed by atoms with van der Waals surface area (Å²) in [5.41, 5.74) is 1.03. The molecule has 0 saturated carbocycles. The Hall–Kier alpha value is -2.01. The van der Waals surface area contributed by atoms with Gasteiger partial charge in [0.1, 0.15) is 5.75 Å². The zero-order valence-electron chi connectivity index (χ0n) is 17.8. The van der Waals surface area contributed by atoms with Crippen LogP contribution in [0.5, 0.6) is 5.75 Å². The Morgan fingerprint density at radius 3 is 2.69 bits per heavy atom. The molecule has 1 aromatic heterocycles. The first-order valence-electron chi connectivity index (χ1n) is 10.3. The summed E-state index contributed by atoms with van der Waals surface area (Å²) in [5, 5.41) is 0. The quantitative estimate of drug-likeness (QED) is 0.492. The number of aryl methyl sites for hydroxylation is 1. The molecule has 170 valence electrons. The molecule has 32 heavy (non-hydrogen) atoms. The topological polar surface area (TPSA) is 81.0 Å². The molecular weight excluding hydrogens is 514 g/mol. The number of ether oxygens (including phenoxy) is 1. The Labute approximate surface area is 199 Å². The van der Waals surface area contributed by atoms with E-state index in [0.717, 1.165) is 14.7 Å². The molecule has 0 spiro atoms. The third kappa shape index (κ3) is 4.54. The highest BCUT2D eigenvalue weighted by atomic mass is 79.9. The molecule has 0 bridgehead atoms.